The van der Waals surface area contributed by atoms with Gasteiger partial charge in [0.05, 0.1) is 0 Å². The van der Waals surface area contributed by atoms with Crippen LogP contribution in [0.2, 0.25) is 0 Å². The van der Waals surface area contributed by atoms with Gasteiger partial charge in [0.2, 0.25) is 0 Å². The van der Waals surface area contributed by atoms with Crippen molar-refractivity contribution in [2.24, 2.45) is 5.92 Å². The molecule has 2 aliphatic heterocycles. The predicted octanol–water partition coefficient (Wildman–Crippen LogP) is 2.74. The third-order valence-electron chi connectivity index (χ3n) is 5.34. The van der Waals surface area contributed by atoms with E-state index in [9.17, 15) is 0 Å². The van der Waals surface area contributed by atoms with E-state index in [0.717, 1.165) is 18.0 Å². The highest BCUT2D eigenvalue weighted by atomic mass is 15.3. The lowest BCUT2D eigenvalue weighted by atomic mass is 9.86. The van der Waals surface area contributed by atoms with E-state index in [4.69, 9.17) is 0 Å². The summed E-state index contributed by atoms with van der Waals surface area (Å²) < 4.78 is 0. The van der Waals surface area contributed by atoms with Gasteiger partial charge in [-0.05, 0) is 70.5 Å². The van der Waals surface area contributed by atoms with Crippen molar-refractivity contribution in [1.29, 1.82) is 0 Å². The molecule has 0 N–H and O–H groups in total. The molecule has 17 heavy (non-hydrogen) atoms. The summed E-state index contributed by atoms with van der Waals surface area (Å²) >= 11 is 0. The maximum absolute atomic E-state index is 2.85. The molecule has 1 aliphatic carbocycles. The van der Waals surface area contributed by atoms with Crippen molar-refractivity contribution in [1.82, 2.24) is 9.80 Å². The molecule has 2 saturated heterocycles. The van der Waals surface area contributed by atoms with Crippen LogP contribution in [0.4, 0.5) is 0 Å². The molecule has 2 nitrogen and oxygen atoms in total. The largest absolute Gasteiger partial charge is 0.299 e. The molecular formula is C15H28N2. The summed E-state index contributed by atoms with van der Waals surface area (Å²) in [5.41, 5.74) is 0. The van der Waals surface area contributed by atoms with E-state index in [0.29, 0.717) is 0 Å². The molecule has 0 aromatic heterocycles. The topological polar surface area (TPSA) is 6.48 Å². The SMILES string of the molecule is CC1CCC(N2CCCN3CCCC3C2)CC1. The van der Waals surface area contributed by atoms with Gasteiger partial charge in [-0.2, -0.15) is 0 Å². The van der Waals surface area contributed by atoms with Crippen molar-refractivity contribution >= 4 is 0 Å². The molecule has 1 atom stereocenters. The zero-order valence-corrected chi connectivity index (χ0v) is 11.4. The minimum atomic E-state index is 0.900. The molecule has 98 valence electrons. The van der Waals surface area contributed by atoms with Crippen LogP contribution in [-0.2, 0) is 0 Å². The van der Waals surface area contributed by atoms with Gasteiger partial charge >= 0.3 is 0 Å². The summed E-state index contributed by atoms with van der Waals surface area (Å²) in [6.45, 7) is 7.91. The zero-order valence-electron chi connectivity index (χ0n) is 11.4. The van der Waals surface area contributed by atoms with Crippen LogP contribution in [0.5, 0.6) is 0 Å². The second-order valence-electron chi connectivity index (χ2n) is 6.59. The molecule has 3 rings (SSSR count). The maximum Gasteiger partial charge on any atom is 0.0223 e. The van der Waals surface area contributed by atoms with Gasteiger partial charge in [-0.25, -0.2) is 0 Å². The lowest BCUT2D eigenvalue weighted by Crippen LogP contribution is -2.43. The average Bonchev–Trinajstić information content (AvgIpc) is 2.68. The Hall–Kier alpha value is -0.0800. The average molecular weight is 236 g/mol. The first-order valence-corrected chi connectivity index (χ1v) is 7.81. The van der Waals surface area contributed by atoms with Crippen molar-refractivity contribution in [2.45, 2.75) is 64.0 Å². The second kappa shape index (κ2) is 5.27. The monoisotopic (exact) mass is 236 g/mol. The van der Waals surface area contributed by atoms with Crippen molar-refractivity contribution in [3.05, 3.63) is 0 Å². The summed E-state index contributed by atoms with van der Waals surface area (Å²) in [4.78, 5) is 5.60. The summed E-state index contributed by atoms with van der Waals surface area (Å²) in [5, 5.41) is 0. The first-order valence-electron chi connectivity index (χ1n) is 7.81. The van der Waals surface area contributed by atoms with Gasteiger partial charge < -0.3 is 0 Å². The lowest BCUT2D eigenvalue weighted by molar-refractivity contribution is 0.128. The normalized spacial score (nSPS) is 41.1. The summed E-state index contributed by atoms with van der Waals surface area (Å²) in [6, 6.07) is 1.82. The van der Waals surface area contributed by atoms with Crippen LogP contribution in [0.1, 0.15) is 51.9 Å². The Morgan fingerprint density at radius 1 is 0.706 bits per heavy atom. The smallest absolute Gasteiger partial charge is 0.0223 e. The zero-order chi connectivity index (χ0) is 11.7. The van der Waals surface area contributed by atoms with E-state index in [1.54, 1.807) is 0 Å². The first-order chi connectivity index (χ1) is 8.33. The molecule has 0 amide bonds. The van der Waals surface area contributed by atoms with Crippen LogP contribution in [0.3, 0.4) is 0 Å². The fourth-order valence-electron chi connectivity index (χ4n) is 4.17. The van der Waals surface area contributed by atoms with Gasteiger partial charge in [0.1, 0.15) is 0 Å². The lowest BCUT2D eigenvalue weighted by Gasteiger charge is -2.36. The van der Waals surface area contributed by atoms with Crippen LogP contribution in [0.15, 0.2) is 0 Å². The number of rotatable bonds is 1. The van der Waals surface area contributed by atoms with Crippen LogP contribution in [-0.4, -0.2) is 48.1 Å². The molecule has 0 aromatic rings. The maximum atomic E-state index is 2.85. The Morgan fingerprint density at radius 3 is 2.24 bits per heavy atom. The standard InChI is InChI=1S/C15H28N2/c1-13-5-7-14(8-6-13)17-11-3-10-16-9-2-4-15(16)12-17/h13-15H,2-12H2,1H3. The van der Waals surface area contributed by atoms with Crippen molar-refractivity contribution in [2.75, 3.05) is 26.2 Å². The Bertz CT molecular complexity index is 245. The van der Waals surface area contributed by atoms with Gasteiger partial charge in [0, 0.05) is 18.6 Å². The van der Waals surface area contributed by atoms with E-state index in [1.807, 2.05) is 0 Å². The van der Waals surface area contributed by atoms with Crippen LogP contribution >= 0.6 is 0 Å². The highest BCUT2D eigenvalue weighted by molar-refractivity contribution is 4.88. The fourth-order valence-corrected chi connectivity index (χ4v) is 4.17. The van der Waals surface area contributed by atoms with Crippen LogP contribution < -0.4 is 0 Å². The summed E-state index contributed by atoms with van der Waals surface area (Å²) in [7, 11) is 0. The third kappa shape index (κ3) is 2.68. The number of fused-ring (bicyclic) bond motifs is 1. The number of hydrogen-bond acceptors (Lipinski definition) is 2. The van der Waals surface area contributed by atoms with Crippen LogP contribution in [0, 0.1) is 5.92 Å². The Labute approximate surface area is 106 Å². The van der Waals surface area contributed by atoms with E-state index < -0.39 is 0 Å². The number of hydrogen-bond donors (Lipinski definition) is 0. The third-order valence-corrected chi connectivity index (χ3v) is 5.34. The van der Waals surface area contributed by atoms with Gasteiger partial charge in [-0.3, -0.25) is 9.80 Å². The van der Waals surface area contributed by atoms with Gasteiger partial charge in [-0.1, -0.05) is 6.92 Å². The highest BCUT2D eigenvalue weighted by Gasteiger charge is 2.32. The molecule has 2 heterocycles. The highest BCUT2D eigenvalue weighted by Crippen LogP contribution is 2.30. The predicted molar refractivity (Wildman–Crippen MR) is 72.2 cm³/mol. The molecule has 1 saturated carbocycles. The van der Waals surface area contributed by atoms with E-state index in [-0.39, 0.29) is 0 Å². The molecule has 0 spiro atoms. The van der Waals surface area contributed by atoms with Crippen LogP contribution in [0.25, 0.3) is 0 Å². The Kier molecular flexibility index (Phi) is 3.72. The Morgan fingerprint density at radius 2 is 1.41 bits per heavy atom. The molecule has 2 heteroatoms. The molecule has 0 aromatic carbocycles. The minimum Gasteiger partial charge on any atom is -0.299 e. The number of nitrogens with zero attached hydrogens (tertiary/aromatic N) is 2. The van der Waals surface area contributed by atoms with Gasteiger partial charge in [0.25, 0.3) is 0 Å². The van der Waals surface area contributed by atoms with E-state index in [2.05, 4.69) is 16.7 Å². The van der Waals surface area contributed by atoms with Gasteiger partial charge in [0.15, 0.2) is 0 Å². The minimum absolute atomic E-state index is 0.900. The van der Waals surface area contributed by atoms with Gasteiger partial charge in [-0.15, -0.1) is 0 Å². The van der Waals surface area contributed by atoms with E-state index in [1.165, 1.54) is 71.1 Å². The molecular weight excluding hydrogens is 208 g/mol. The molecule has 3 aliphatic rings. The molecule has 0 radical (unpaired) electrons. The molecule has 1 unspecified atom stereocenters. The molecule has 0 bridgehead atoms. The molecule has 3 fully saturated rings. The Balaban J connectivity index is 1.59. The van der Waals surface area contributed by atoms with Crippen molar-refractivity contribution in [3.8, 4) is 0 Å². The van der Waals surface area contributed by atoms with Crippen molar-refractivity contribution < 1.29 is 0 Å². The first kappa shape index (κ1) is 12.0. The second-order valence-corrected chi connectivity index (χ2v) is 6.59. The van der Waals surface area contributed by atoms with Crippen molar-refractivity contribution in [3.63, 3.8) is 0 Å². The fraction of sp³-hybridized carbons (Fsp3) is 1.00. The summed E-state index contributed by atoms with van der Waals surface area (Å²) in [6.07, 6.45) is 10.2. The summed E-state index contributed by atoms with van der Waals surface area (Å²) in [5.74, 6) is 0.987. The quantitative estimate of drug-likeness (QED) is 0.691. The van der Waals surface area contributed by atoms with E-state index >= 15 is 0 Å².